The zero-order chi connectivity index (χ0) is 15.6. The highest BCUT2D eigenvalue weighted by Crippen LogP contribution is 2.25. The summed E-state index contributed by atoms with van der Waals surface area (Å²) < 4.78 is 31.3. The average Bonchev–Trinajstić information content (AvgIpc) is 2.22. The molecule has 0 saturated heterocycles. The summed E-state index contributed by atoms with van der Waals surface area (Å²) in [5.41, 5.74) is -1.89. The summed E-state index contributed by atoms with van der Waals surface area (Å²) in [5.74, 6) is -0.143. The Hall–Kier alpha value is -1.24. The van der Waals surface area contributed by atoms with Crippen molar-refractivity contribution < 1.29 is 23.6 Å². The van der Waals surface area contributed by atoms with E-state index in [9.17, 15) is 18.9 Å². The van der Waals surface area contributed by atoms with Gasteiger partial charge in [0.2, 0.25) is 0 Å². The lowest BCUT2D eigenvalue weighted by molar-refractivity contribution is -0.0984. The third-order valence-corrected chi connectivity index (χ3v) is 3.23. The number of aliphatic hydroxyl groups is 1. The van der Waals surface area contributed by atoms with E-state index in [-0.39, 0.29) is 5.56 Å². The van der Waals surface area contributed by atoms with Gasteiger partial charge in [0.15, 0.2) is 0 Å². The maximum Gasteiger partial charge on any atom is 0.483 e. The molecule has 0 bridgehead atoms. The van der Waals surface area contributed by atoms with Gasteiger partial charge in [-0.05, 0) is 45.4 Å². The van der Waals surface area contributed by atoms with Crippen molar-refractivity contribution in [3.05, 3.63) is 41.4 Å². The quantitative estimate of drug-likeness (QED) is 0.817. The molecule has 1 aromatic rings. The van der Waals surface area contributed by atoms with Gasteiger partial charge in [-0.15, -0.1) is 0 Å². The van der Waals surface area contributed by atoms with Crippen LogP contribution in [0.3, 0.4) is 0 Å². The van der Waals surface area contributed by atoms with Crippen molar-refractivity contribution in [3.8, 4) is 0 Å². The molecule has 0 saturated carbocycles. The molecule has 1 rings (SSSR count). The van der Waals surface area contributed by atoms with Crippen LogP contribution in [-0.4, -0.2) is 28.5 Å². The Morgan fingerprint density at radius 1 is 1.10 bits per heavy atom. The first-order valence-electron chi connectivity index (χ1n) is 6.24. The second-order valence-electron chi connectivity index (χ2n) is 5.64. The molecule has 0 heterocycles. The molecule has 0 aliphatic carbocycles. The van der Waals surface area contributed by atoms with Crippen LogP contribution in [0.4, 0.5) is 8.78 Å². The maximum atomic E-state index is 13.0. The third kappa shape index (κ3) is 4.70. The van der Waals surface area contributed by atoms with Crippen LogP contribution in [0.1, 0.15) is 33.3 Å². The molecule has 3 nitrogen and oxygen atoms in total. The Bertz CT molecular complexity index is 475. The van der Waals surface area contributed by atoms with E-state index < -0.39 is 30.0 Å². The molecule has 2 N–H and O–H groups in total. The third-order valence-electron chi connectivity index (χ3n) is 3.23. The minimum atomic E-state index is -1.30. The maximum absolute atomic E-state index is 13.0. The smallest absolute Gasteiger partial charge is 0.423 e. The summed E-state index contributed by atoms with van der Waals surface area (Å²) in [7, 11) is -1.30. The van der Waals surface area contributed by atoms with Crippen molar-refractivity contribution in [2.24, 2.45) is 0 Å². The zero-order valence-electron chi connectivity index (χ0n) is 12.0. The second kappa shape index (κ2) is 6.03. The fourth-order valence-corrected chi connectivity index (χ4v) is 1.35. The second-order valence-corrected chi connectivity index (χ2v) is 5.64. The summed E-state index contributed by atoms with van der Waals surface area (Å²) in [6.07, 6.45) is 1.34. The van der Waals surface area contributed by atoms with E-state index in [1.165, 1.54) is 12.1 Å². The highest BCUT2D eigenvalue weighted by Gasteiger charge is 2.38. The molecule has 0 unspecified atom stereocenters. The van der Waals surface area contributed by atoms with Crippen LogP contribution in [0.5, 0.6) is 0 Å². The molecule has 20 heavy (non-hydrogen) atoms. The first kappa shape index (κ1) is 16.8. The summed E-state index contributed by atoms with van der Waals surface area (Å²) in [6, 6.07) is 3.03. The van der Waals surface area contributed by atoms with E-state index in [0.29, 0.717) is 0 Å². The van der Waals surface area contributed by atoms with E-state index >= 15 is 0 Å². The molecule has 0 radical (unpaired) electrons. The highest BCUT2D eigenvalue weighted by molar-refractivity contribution is 6.50. The van der Waals surface area contributed by atoms with E-state index in [1.54, 1.807) is 27.7 Å². The predicted molar refractivity (Wildman–Crippen MR) is 74.8 cm³/mol. The molecule has 0 aromatic heterocycles. The minimum Gasteiger partial charge on any atom is -0.423 e. The van der Waals surface area contributed by atoms with Crippen LogP contribution in [0.2, 0.25) is 0 Å². The van der Waals surface area contributed by atoms with E-state index in [4.69, 9.17) is 4.65 Å². The van der Waals surface area contributed by atoms with Crippen molar-refractivity contribution in [3.63, 3.8) is 0 Å². The lowest BCUT2D eigenvalue weighted by Crippen LogP contribution is -2.50. The summed E-state index contributed by atoms with van der Waals surface area (Å²) in [4.78, 5) is 0. The Balaban J connectivity index is 2.75. The molecule has 0 fully saturated rings. The number of benzene rings is 1. The average molecular weight is 284 g/mol. The first-order valence-corrected chi connectivity index (χ1v) is 6.24. The van der Waals surface area contributed by atoms with Crippen LogP contribution in [-0.2, 0) is 4.65 Å². The van der Waals surface area contributed by atoms with Gasteiger partial charge < -0.3 is 14.8 Å². The van der Waals surface area contributed by atoms with Gasteiger partial charge in [0.05, 0.1) is 11.2 Å². The SMILES string of the molecule is CC(C)(O)C(C)(C)OB(O)C=Cc1cc(F)cc(F)c1. The highest BCUT2D eigenvalue weighted by atomic mass is 19.1. The molecule has 1 aromatic carbocycles. The molecule has 0 spiro atoms. The molecular weight excluding hydrogens is 265 g/mol. The first-order chi connectivity index (χ1) is 9.01. The van der Waals surface area contributed by atoms with Crippen molar-refractivity contribution in [2.75, 3.05) is 0 Å². The molecule has 0 aliphatic rings. The fourth-order valence-electron chi connectivity index (χ4n) is 1.35. The van der Waals surface area contributed by atoms with Crippen molar-refractivity contribution >= 4 is 13.2 Å². The standard InChI is InChI=1S/C14H19BF2O3/c1-13(2,18)14(3,4)20-15(19)6-5-10-7-11(16)9-12(17)8-10/h5-9,18-19H,1-4H3. The minimum absolute atomic E-state index is 0.270. The van der Waals surface area contributed by atoms with Crippen molar-refractivity contribution in [2.45, 2.75) is 38.9 Å². The van der Waals surface area contributed by atoms with Gasteiger partial charge >= 0.3 is 7.12 Å². The van der Waals surface area contributed by atoms with E-state index in [0.717, 1.165) is 18.2 Å². The normalized spacial score (nSPS) is 13.0. The number of hydrogen-bond donors (Lipinski definition) is 2. The Morgan fingerprint density at radius 2 is 1.60 bits per heavy atom. The Labute approximate surface area is 118 Å². The fraction of sp³-hybridized carbons (Fsp3) is 0.429. The monoisotopic (exact) mass is 284 g/mol. The summed E-state index contributed by atoms with van der Waals surface area (Å²) in [5, 5.41) is 19.6. The topological polar surface area (TPSA) is 49.7 Å². The molecule has 0 amide bonds. The van der Waals surface area contributed by atoms with Gasteiger partial charge in [0, 0.05) is 6.07 Å². The number of hydrogen-bond acceptors (Lipinski definition) is 3. The van der Waals surface area contributed by atoms with Crippen molar-refractivity contribution in [1.29, 1.82) is 0 Å². The van der Waals surface area contributed by atoms with Gasteiger partial charge in [-0.25, -0.2) is 8.78 Å². The van der Waals surface area contributed by atoms with Gasteiger partial charge in [-0.3, -0.25) is 0 Å². The van der Waals surface area contributed by atoms with Crippen molar-refractivity contribution in [1.82, 2.24) is 0 Å². The lowest BCUT2D eigenvalue weighted by atomic mass is 9.82. The largest absolute Gasteiger partial charge is 0.483 e. The van der Waals surface area contributed by atoms with Gasteiger partial charge in [-0.1, -0.05) is 12.1 Å². The Kier molecular flexibility index (Phi) is 5.07. The summed E-state index contributed by atoms with van der Waals surface area (Å²) >= 11 is 0. The van der Waals surface area contributed by atoms with Crippen LogP contribution in [0.15, 0.2) is 24.2 Å². The van der Waals surface area contributed by atoms with Gasteiger partial charge in [0.25, 0.3) is 0 Å². The van der Waals surface area contributed by atoms with Crippen LogP contribution in [0, 0.1) is 11.6 Å². The van der Waals surface area contributed by atoms with Crippen LogP contribution in [0.25, 0.3) is 6.08 Å². The Morgan fingerprint density at radius 3 is 2.05 bits per heavy atom. The molecule has 6 heteroatoms. The molecular formula is C14H19BF2O3. The van der Waals surface area contributed by atoms with Crippen LogP contribution < -0.4 is 0 Å². The zero-order valence-corrected chi connectivity index (χ0v) is 12.0. The van der Waals surface area contributed by atoms with E-state index in [1.807, 2.05) is 0 Å². The number of rotatable bonds is 5. The predicted octanol–water partition coefficient (Wildman–Crippen LogP) is 2.56. The summed E-state index contributed by atoms with van der Waals surface area (Å²) in [6.45, 7) is 6.38. The lowest BCUT2D eigenvalue weighted by Gasteiger charge is -2.38. The molecule has 0 aliphatic heterocycles. The van der Waals surface area contributed by atoms with Crippen LogP contribution >= 0.6 is 0 Å². The van der Waals surface area contributed by atoms with Gasteiger partial charge in [-0.2, -0.15) is 0 Å². The molecule has 0 atom stereocenters. The number of halogens is 2. The van der Waals surface area contributed by atoms with Gasteiger partial charge in [0.1, 0.15) is 11.6 Å². The van der Waals surface area contributed by atoms with E-state index in [2.05, 4.69) is 0 Å². The molecule has 110 valence electrons.